The minimum atomic E-state index is -4.43. The number of pyridine rings is 1. The number of rotatable bonds is 5. The van der Waals surface area contributed by atoms with Gasteiger partial charge in [-0.3, -0.25) is 4.79 Å². The maximum absolute atomic E-state index is 13.0. The summed E-state index contributed by atoms with van der Waals surface area (Å²) in [7, 11) is 0. The summed E-state index contributed by atoms with van der Waals surface area (Å²) in [5.41, 5.74) is 0.528. The van der Waals surface area contributed by atoms with Crippen LogP contribution in [0.1, 0.15) is 47.4 Å². The highest BCUT2D eigenvalue weighted by Gasteiger charge is 2.31. The number of hydrogen-bond donors (Lipinski definition) is 1. The average molecular weight is 480 g/mol. The lowest BCUT2D eigenvalue weighted by molar-refractivity contribution is -0.137. The van der Waals surface area contributed by atoms with E-state index in [2.05, 4.69) is 15.5 Å². The summed E-state index contributed by atoms with van der Waals surface area (Å²) < 4.78 is 49.0. The largest absolute Gasteiger partial charge is 0.474 e. The number of halogens is 4. The van der Waals surface area contributed by atoms with Crippen LogP contribution in [-0.4, -0.2) is 28.2 Å². The summed E-state index contributed by atoms with van der Waals surface area (Å²) in [5, 5.41) is 7.51. The molecule has 2 heterocycles. The van der Waals surface area contributed by atoms with E-state index < -0.39 is 11.7 Å². The first-order valence-corrected chi connectivity index (χ1v) is 10.8. The monoisotopic (exact) mass is 479 g/mol. The molecule has 1 aromatic carbocycles. The third kappa shape index (κ3) is 5.30. The third-order valence-corrected chi connectivity index (χ3v) is 5.91. The van der Waals surface area contributed by atoms with Crippen molar-refractivity contribution in [1.29, 1.82) is 0 Å². The van der Waals surface area contributed by atoms with Crippen molar-refractivity contribution in [2.24, 2.45) is 0 Å². The van der Waals surface area contributed by atoms with Gasteiger partial charge in [0.1, 0.15) is 23.1 Å². The molecule has 1 amide bonds. The fraction of sp³-hybridized carbons (Fsp3) is 0.348. The Kier molecular flexibility index (Phi) is 6.60. The van der Waals surface area contributed by atoms with E-state index in [9.17, 15) is 18.0 Å². The number of aryl methyl sites for hydroxylation is 1. The van der Waals surface area contributed by atoms with E-state index in [0.717, 1.165) is 12.3 Å². The molecule has 33 heavy (non-hydrogen) atoms. The second-order valence-electron chi connectivity index (χ2n) is 7.89. The number of aromatic nitrogens is 2. The lowest BCUT2D eigenvalue weighted by Crippen LogP contribution is -2.40. The van der Waals surface area contributed by atoms with Gasteiger partial charge in [0, 0.05) is 23.9 Å². The molecule has 2 aromatic heterocycles. The number of alkyl halides is 3. The zero-order chi connectivity index (χ0) is 23.6. The number of amides is 1. The highest BCUT2D eigenvalue weighted by molar-refractivity contribution is 6.33. The van der Waals surface area contributed by atoms with E-state index in [1.807, 2.05) is 0 Å². The molecule has 4 rings (SSSR count). The quantitative estimate of drug-likeness (QED) is 0.497. The Morgan fingerprint density at radius 2 is 1.88 bits per heavy atom. The minimum absolute atomic E-state index is 0.0775. The Balaban J connectivity index is 1.35. The van der Waals surface area contributed by atoms with Gasteiger partial charge in [0.05, 0.1) is 10.6 Å². The van der Waals surface area contributed by atoms with Crippen molar-refractivity contribution in [3.05, 3.63) is 64.5 Å². The molecular formula is C23H21ClF3N3O3. The van der Waals surface area contributed by atoms with Crippen molar-refractivity contribution < 1.29 is 27.2 Å². The van der Waals surface area contributed by atoms with Gasteiger partial charge >= 0.3 is 6.18 Å². The van der Waals surface area contributed by atoms with Crippen molar-refractivity contribution in [3.8, 4) is 17.1 Å². The molecule has 0 unspecified atom stereocenters. The molecule has 1 fully saturated rings. The fourth-order valence-corrected chi connectivity index (χ4v) is 4.07. The molecule has 3 aromatic rings. The van der Waals surface area contributed by atoms with Crippen LogP contribution < -0.4 is 10.1 Å². The molecule has 0 aliphatic heterocycles. The molecule has 0 spiro atoms. The Hall–Kier alpha value is -3.07. The summed E-state index contributed by atoms with van der Waals surface area (Å²) in [4.78, 5) is 16.8. The van der Waals surface area contributed by atoms with Gasteiger partial charge in [0.15, 0.2) is 0 Å². The zero-order valence-electron chi connectivity index (χ0n) is 17.7. The molecule has 0 radical (unpaired) electrons. The summed E-state index contributed by atoms with van der Waals surface area (Å²) >= 11 is 6.26. The molecule has 1 saturated carbocycles. The number of carbonyl (C=O) groups is 1. The van der Waals surface area contributed by atoms with Crippen molar-refractivity contribution in [3.63, 3.8) is 0 Å². The standard InChI is InChI=1S/C23H21ClF3N3O3/c1-13-20(21(30-33-13)17-4-2-3-5-18(17)24)22(31)29-15-7-9-16(10-8-15)32-19-11-6-14(12-28-19)23(25,26)27/h2-6,11-12,15-16H,7-10H2,1H3,(H,29,31). The van der Waals surface area contributed by atoms with E-state index in [1.165, 1.54) is 6.07 Å². The predicted molar refractivity (Wildman–Crippen MR) is 115 cm³/mol. The maximum atomic E-state index is 13.0. The van der Waals surface area contributed by atoms with Crippen molar-refractivity contribution in [2.45, 2.75) is 50.9 Å². The molecular weight excluding hydrogens is 459 g/mol. The number of ether oxygens (including phenoxy) is 1. The van der Waals surface area contributed by atoms with Gasteiger partial charge < -0.3 is 14.6 Å². The van der Waals surface area contributed by atoms with E-state index >= 15 is 0 Å². The van der Waals surface area contributed by atoms with Gasteiger partial charge in [-0.05, 0) is 44.7 Å². The lowest BCUT2D eigenvalue weighted by Gasteiger charge is -2.29. The van der Waals surface area contributed by atoms with Crippen molar-refractivity contribution in [2.75, 3.05) is 0 Å². The average Bonchev–Trinajstić information content (AvgIpc) is 3.16. The van der Waals surface area contributed by atoms with Crippen LogP contribution in [0.15, 0.2) is 47.1 Å². The molecule has 1 aliphatic carbocycles. The topological polar surface area (TPSA) is 77.2 Å². The van der Waals surface area contributed by atoms with Crippen LogP contribution in [0.4, 0.5) is 13.2 Å². The van der Waals surface area contributed by atoms with E-state index in [1.54, 1.807) is 31.2 Å². The first kappa shape index (κ1) is 23.1. The molecule has 10 heteroatoms. The van der Waals surface area contributed by atoms with E-state index in [-0.39, 0.29) is 23.9 Å². The van der Waals surface area contributed by atoms with Crippen molar-refractivity contribution in [1.82, 2.24) is 15.5 Å². The normalized spacial score (nSPS) is 18.7. The molecule has 1 N–H and O–H groups in total. The number of nitrogens with one attached hydrogen (secondary N) is 1. The van der Waals surface area contributed by atoms with E-state index in [4.69, 9.17) is 20.9 Å². The zero-order valence-corrected chi connectivity index (χ0v) is 18.4. The van der Waals surface area contributed by atoms with Gasteiger partial charge in [-0.25, -0.2) is 4.98 Å². The van der Waals surface area contributed by atoms with Gasteiger partial charge in [-0.15, -0.1) is 0 Å². The summed E-state index contributed by atoms with van der Waals surface area (Å²) in [6.45, 7) is 1.67. The molecule has 0 atom stereocenters. The number of nitrogens with zero attached hydrogens (tertiary/aromatic N) is 2. The second kappa shape index (κ2) is 9.43. The predicted octanol–water partition coefficient (Wildman–Crippen LogP) is 5.84. The third-order valence-electron chi connectivity index (χ3n) is 5.58. The van der Waals surface area contributed by atoms with Crippen LogP contribution in [0.3, 0.4) is 0 Å². The molecule has 0 saturated heterocycles. The molecule has 1 aliphatic rings. The first-order valence-electron chi connectivity index (χ1n) is 10.4. The van der Waals surface area contributed by atoms with Gasteiger partial charge in [0.2, 0.25) is 5.88 Å². The summed E-state index contributed by atoms with van der Waals surface area (Å²) in [6, 6.07) is 9.18. The van der Waals surface area contributed by atoms with Gasteiger partial charge in [-0.2, -0.15) is 13.2 Å². The van der Waals surface area contributed by atoms with Crippen LogP contribution in [0.2, 0.25) is 5.02 Å². The Morgan fingerprint density at radius 1 is 1.15 bits per heavy atom. The van der Waals surface area contributed by atoms with Crippen LogP contribution in [0.25, 0.3) is 11.3 Å². The lowest BCUT2D eigenvalue weighted by atomic mass is 9.92. The SMILES string of the molecule is Cc1onc(-c2ccccc2Cl)c1C(=O)NC1CCC(Oc2ccc(C(F)(F)F)cn2)CC1. The fourth-order valence-electron chi connectivity index (χ4n) is 3.85. The Morgan fingerprint density at radius 3 is 2.52 bits per heavy atom. The van der Waals surface area contributed by atoms with Crippen molar-refractivity contribution >= 4 is 17.5 Å². The molecule has 6 nitrogen and oxygen atoms in total. The summed E-state index contributed by atoms with van der Waals surface area (Å²) in [6.07, 6.45) is -1.28. The second-order valence-corrected chi connectivity index (χ2v) is 8.30. The maximum Gasteiger partial charge on any atom is 0.417 e. The summed E-state index contributed by atoms with van der Waals surface area (Å²) in [5.74, 6) is 0.255. The molecule has 0 bridgehead atoms. The van der Waals surface area contributed by atoms with Crippen LogP contribution in [0.5, 0.6) is 5.88 Å². The number of benzene rings is 1. The van der Waals surface area contributed by atoms with Crippen LogP contribution in [0, 0.1) is 6.92 Å². The van der Waals surface area contributed by atoms with Crippen LogP contribution in [-0.2, 0) is 6.18 Å². The smallest absolute Gasteiger partial charge is 0.417 e. The highest BCUT2D eigenvalue weighted by atomic mass is 35.5. The Bertz CT molecular complexity index is 1120. The number of hydrogen-bond acceptors (Lipinski definition) is 5. The van der Waals surface area contributed by atoms with Crippen LogP contribution >= 0.6 is 11.6 Å². The Labute approximate surface area is 193 Å². The highest BCUT2D eigenvalue weighted by Crippen LogP contribution is 2.32. The molecule has 174 valence electrons. The van der Waals surface area contributed by atoms with E-state index in [0.29, 0.717) is 53.3 Å². The van der Waals surface area contributed by atoms with Gasteiger partial charge in [0.25, 0.3) is 5.91 Å². The van der Waals surface area contributed by atoms with Gasteiger partial charge in [-0.1, -0.05) is 35.0 Å². The first-order chi connectivity index (χ1) is 15.7. The minimum Gasteiger partial charge on any atom is -0.474 e. The number of carbonyl (C=O) groups excluding carboxylic acids is 1.